The number of quaternary nitrogens is 1. The van der Waals surface area contributed by atoms with Gasteiger partial charge < -0.3 is 22.8 Å². The second-order valence-electron chi connectivity index (χ2n) is 3.77. The zero-order valence-corrected chi connectivity index (χ0v) is 10.4. The Labute approximate surface area is 112 Å². The van der Waals surface area contributed by atoms with Gasteiger partial charge in [-0.05, 0) is 24.3 Å². The molecule has 3 nitrogen and oxygen atoms in total. The van der Waals surface area contributed by atoms with E-state index in [2.05, 4.69) is 6.07 Å². The van der Waals surface area contributed by atoms with Crippen LogP contribution in [0.15, 0.2) is 48.5 Å². The largest absolute Gasteiger partial charge is 1.00 e. The van der Waals surface area contributed by atoms with Crippen LogP contribution in [0.2, 0.25) is 0 Å². The molecule has 0 amide bonds. The molecule has 0 spiro atoms. The number of benzene rings is 2. The Morgan fingerprint density at radius 3 is 2.61 bits per heavy atom. The zero-order chi connectivity index (χ0) is 12.1. The minimum atomic E-state index is 0. The molecule has 0 aromatic heterocycles. The third-order valence-electron chi connectivity index (χ3n) is 2.57. The monoisotopic (exact) mass is 260 g/mol. The van der Waals surface area contributed by atoms with Gasteiger partial charge in [0, 0.05) is 11.6 Å². The number of hydrogen-bond donors (Lipinski definition) is 2. The van der Waals surface area contributed by atoms with E-state index in [4.69, 9.17) is 5.26 Å². The smallest absolute Gasteiger partial charge is 0.131 e. The third kappa shape index (κ3) is 3.49. The first-order valence-corrected chi connectivity index (χ1v) is 5.40. The molecule has 18 heavy (non-hydrogen) atoms. The SMILES string of the molecule is N#Cc1cccc([NH2+]Cc2ccccc2O)c1.[Cl-]. The van der Waals surface area contributed by atoms with Crippen molar-refractivity contribution in [1.29, 1.82) is 5.26 Å². The van der Waals surface area contributed by atoms with Gasteiger partial charge in [0.2, 0.25) is 0 Å². The van der Waals surface area contributed by atoms with Crippen LogP contribution in [0.1, 0.15) is 11.1 Å². The second-order valence-corrected chi connectivity index (χ2v) is 3.77. The minimum absolute atomic E-state index is 0. The number of phenols is 1. The number of rotatable bonds is 3. The van der Waals surface area contributed by atoms with Gasteiger partial charge in [-0.15, -0.1) is 0 Å². The number of para-hydroxylation sites is 1. The molecule has 0 aliphatic carbocycles. The van der Waals surface area contributed by atoms with E-state index in [-0.39, 0.29) is 12.4 Å². The Kier molecular flexibility index (Phi) is 5.19. The number of nitrogens with zero attached hydrogens (tertiary/aromatic N) is 1. The molecule has 2 aromatic rings. The molecule has 0 aliphatic rings. The van der Waals surface area contributed by atoms with Crippen molar-refractivity contribution in [3.8, 4) is 11.8 Å². The van der Waals surface area contributed by atoms with E-state index in [1.54, 1.807) is 18.2 Å². The van der Waals surface area contributed by atoms with E-state index in [0.29, 0.717) is 17.9 Å². The third-order valence-corrected chi connectivity index (χ3v) is 2.57. The Morgan fingerprint density at radius 2 is 1.89 bits per heavy atom. The van der Waals surface area contributed by atoms with Crippen LogP contribution >= 0.6 is 0 Å². The fraction of sp³-hybridized carbons (Fsp3) is 0.0714. The van der Waals surface area contributed by atoms with Gasteiger partial charge >= 0.3 is 0 Å². The van der Waals surface area contributed by atoms with E-state index in [0.717, 1.165) is 11.3 Å². The van der Waals surface area contributed by atoms with E-state index in [1.807, 2.05) is 35.6 Å². The van der Waals surface area contributed by atoms with Crippen molar-refractivity contribution in [2.24, 2.45) is 0 Å². The summed E-state index contributed by atoms with van der Waals surface area (Å²) in [6.45, 7) is 0.654. The standard InChI is InChI=1S/C14H12N2O.ClH/c15-9-11-4-3-6-13(8-11)16-10-12-5-1-2-7-14(12)17;/h1-8,16-17H,10H2;1H. The van der Waals surface area contributed by atoms with E-state index >= 15 is 0 Å². The van der Waals surface area contributed by atoms with Crippen LogP contribution in [-0.4, -0.2) is 5.11 Å². The van der Waals surface area contributed by atoms with Gasteiger partial charge in [-0.25, -0.2) is 0 Å². The summed E-state index contributed by atoms with van der Waals surface area (Å²) in [5.41, 5.74) is 2.53. The van der Waals surface area contributed by atoms with Crippen molar-refractivity contribution < 1.29 is 22.8 Å². The summed E-state index contributed by atoms with van der Waals surface area (Å²) in [5, 5.41) is 20.4. The Bertz CT molecular complexity index is 564. The first-order chi connectivity index (χ1) is 8.29. The van der Waals surface area contributed by atoms with Crippen LogP contribution in [0.4, 0.5) is 5.69 Å². The molecule has 0 aliphatic heterocycles. The highest BCUT2D eigenvalue weighted by Crippen LogP contribution is 2.14. The molecule has 0 heterocycles. The van der Waals surface area contributed by atoms with Crippen LogP contribution in [0.5, 0.6) is 5.75 Å². The van der Waals surface area contributed by atoms with Crippen molar-refractivity contribution in [2.45, 2.75) is 6.54 Å². The quantitative estimate of drug-likeness (QED) is 0.672. The van der Waals surface area contributed by atoms with Gasteiger partial charge in [-0.1, -0.05) is 18.2 Å². The number of halogens is 1. The Balaban J connectivity index is 0.00000162. The van der Waals surface area contributed by atoms with Crippen molar-refractivity contribution in [3.63, 3.8) is 0 Å². The fourth-order valence-electron chi connectivity index (χ4n) is 1.65. The Morgan fingerprint density at radius 1 is 1.11 bits per heavy atom. The fourth-order valence-corrected chi connectivity index (χ4v) is 1.65. The van der Waals surface area contributed by atoms with Gasteiger partial charge in [0.15, 0.2) is 0 Å². The maximum atomic E-state index is 9.62. The molecule has 3 N–H and O–H groups in total. The lowest BCUT2D eigenvalue weighted by Crippen LogP contribution is -3.00. The molecule has 0 saturated heterocycles. The first kappa shape index (κ1) is 14.0. The molecule has 0 fully saturated rings. The average Bonchev–Trinajstić information content (AvgIpc) is 2.38. The molecule has 0 atom stereocenters. The van der Waals surface area contributed by atoms with Gasteiger partial charge in [0.25, 0.3) is 0 Å². The normalized spacial score (nSPS) is 9.28. The lowest BCUT2D eigenvalue weighted by molar-refractivity contribution is -0.588. The van der Waals surface area contributed by atoms with Crippen molar-refractivity contribution >= 4 is 5.69 Å². The zero-order valence-electron chi connectivity index (χ0n) is 9.68. The summed E-state index contributed by atoms with van der Waals surface area (Å²) >= 11 is 0. The number of aromatic hydroxyl groups is 1. The number of nitriles is 1. The lowest BCUT2D eigenvalue weighted by atomic mass is 10.2. The van der Waals surface area contributed by atoms with Gasteiger partial charge in [-0.3, -0.25) is 0 Å². The highest BCUT2D eigenvalue weighted by molar-refractivity contribution is 5.39. The molecule has 4 heteroatoms. The Hall–Kier alpha value is -2.02. The molecule has 0 radical (unpaired) electrons. The first-order valence-electron chi connectivity index (χ1n) is 5.40. The number of hydrogen-bond acceptors (Lipinski definition) is 2. The van der Waals surface area contributed by atoms with Gasteiger partial charge in [0.05, 0.1) is 11.6 Å². The maximum Gasteiger partial charge on any atom is 0.131 e. The van der Waals surface area contributed by atoms with Crippen LogP contribution in [0, 0.1) is 11.3 Å². The summed E-state index contributed by atoms with van der Waals surface area (Å²) in [4.78, 5) is 0. The average molecular weight is 261 g/mol. The predicted molar refractivity (Wildman–Crippen MR) is 64.6 cm³/mol. The second kappa shape index (κ2) is 6.65. The highest BCUT2D eigenvalue weighted by atomic mass is 35.5. The summed E-state index contributed by atoms with van der Waals surface area (Å²) < 4.78 is 0. The summed E-state index contributed by atoms with van der Waals surface area (Å²) in [7, 11) is 0. The number of phenolic OH excluding ortho intramolecular Hbond substituents is 1. The summed E-state index contributed by atoms with van der Waals surface area (Å²) in [5.74, 6) is 0.306. The van der Waals surface area contributed by atoms with Crippen molar-refractivity contribution in [2.75, 3.05) is 0 Å². The molecular weight excluding hydrogens is 248 g/mol. The molecule has 92 valence electrons. The molecule has 2 aromatic carbocycles. The van der Waals surface area contributed by atoms with Crippen LogP contribution in [0.25, 0.3) is 0 Å². The molecule has 2 rings (SSSR count). The van der Waals surface area contributed by atoms with Crippen LogP contribution in [0.3, 0.4) is 0 Å². The van der Waals surface area contributed by atoms with E-state index in [1.165, 1.54) is 0 Å². The molecule has 0 bridgehead atoms. The summed E-state index contributed by atoms with van der Waals surface area (Å²) in [6, 6.07) is 16.8. The molecule has 0 saturated carbocycles. The van der Waals surface area contributed by atoms with Crippen LogP contribution < -0.4 is 17.7 Å². The van der Waals surface area contributed by atoms with Crippen molar-refractivity contribution in [3.05, 3.63) is 59.7 Å². The lowest BCUT2D eigenvalue weighted by Gasteiger charge is -2.03. The van der Waals surface area contributed by atoms with Gasteiger partial charge in [-0.2, -0.15) is 5.26 Å². The summed E-state index contributed by atoms with van der Waals surface area (Å²) in [6.07, 6.45) is 0. The van der Waals surface area contributed by atoms with Crippen molar-refractivity contribution in [1.82, 2.24) is 0 Å². The minimum Gasteiger partial charge on any atom is -1.00 e. The number of nitrogens with two attached hydrogens (primary N) is 1. The van der Waals surface area contributed by atoms with Crippen LogP contribution in [-0.2, 0) is 6.54 Å². The molecule has 0 unspecified atom stereocenters. The topological polar surface area (TPSA) is 60.6 Å². The molecular formula is C14H13ClN2O. The predicted octanol–water partition coefficient (Wildman–Crippen LogP) is -1.34. The van der Waals surface area contributed by atoms with Gasteiger partial charge in [0.1, 0.15) is 18.0 Å². The highest BCUT2D eigenvalue weighted by Gasteiger charge is 2.03. The van der Waals surface area contributed by atoms with E-state index < -0.39 is 0 Å². The maximum absolute atomic E-state index is 9.62. The van der Waals surface area contributed by atoms with E-state index in [9.17, 15) is 5.11 Å².